The number of nitrogens with zero attached hydrogens (tertiary/aromatic N) is 5. The van der Waals surface area contributed by atoms with Gasteiger partial charge in [0.05, 0.1) is 10.7 Å². The monoisotopic (exact) mass is 402 g/mol. The molecule has 0 bridgehead atoms. The molecule has 0 aliphatic heterocycles. The fourth-order valence-electron chi connectivity index (χ4n) is 3.29. The zero-order chi connectivity index (χ0) is 17.6. The van der Waals surface area contributed by atoms with Crippen LogP contribution in [-0.2, 0) is 0 Å². The Morgan fingerprint density at radius 3 is 2.96 bits per heavy atom. The lowest BCUT2D eigenvalue weighted by Crippen LogP contribution is -2.13. The van der Waals surface area contributed by atoms with Crippen LogP contribution in [0.2, 0.25) is 0 Å². The number of fused-ring (bicyclic) bond motifs is 1. The van der Waals surface area contributed by atoms with Crippen molar-refractivity contribution in [3.63, 3.8) is 0 Å². The Morgan fingerprint density at radius 1 is 1.44 bits per heavy atom. The molecule has 1 aliphatic rings. The highest BCUT2D eigenvalue weighted by atomic mass is 79.9. The van der Waals surface area contributed by atoms with Gasteiger partial charge in [-0.2, -0.15) is 9.61 Å². The molecule has 2 heterocycles. The van der Waals surface area contributed by atoms with E-state index in [1.165, 1.54) is 32.1 Å². The molecule has 0 amide bonds. The molecule has 0 spiro atoms. The van der Waals surface area contributed by atoms with Crippen molar-refractivity contribution in [2.45, 2.75) is 38.0 Å². The number of nitrogens with one attached hydrogen (secondary N) is 1. The Bertz CT molecular complexity index is 801. The zero-order valence-corrected chi connectivity index (χ0v) is 16.0. The number of hydrogen-bond acceptors (Lipinski definition) is 5. The molecule has 6 nitrogen and oxygen atoms in total. The minimum atomic E-state index is 0.531. The molecule has 1 N–H and O–H groups in total. The number of anilines is 1. The minimum Gasteiger partial charge on any atom is -0.366 e. The molecule has 1 saturated carbocycles. The third-order valence-electron chi connectivity index (χ3n) is 4.50. The van der Waals surface area contributed by atoms with E-state index in [4.69, 9.17) is 4.98 Å². The number of halogens is 1. The normalized spacial score (nSPS) is 16.6. The Morgan fingerprint density at radius 2 is 2.24 bits per heavy atom. The van der Waals surface area contributed by atoms with Crippen molar-refractivity contribution in [1.29, 1.82) is 0 Å². The molecule has 3 rings (SSSR count). The van der Waals surface area contributed by atoms with E-state index in [1.54, 1.807) is 25.7 Å². The van der Waals surface area contributed by atoms with Crippen LogP contribution in [0.15, 0.2) is 38.5 Å². The highest BCUT2D eigenvalue weighted by Crippen LogP contribution is 2.33. The van der Waals surface area contributed by atoms with Crippen molar-refractivity contribution < 1.29 is 0 Å². The van der Waals surface area contributed by atoms with Crippen LogP contribution < -0.4 is 5.32 Å². The largest absolute Gasteiger partial charge is 0.366 e. The predicted octanol–water partition coefficient (Wildman–Crippen LogP) is 4.24. The molecule has 1 aliphatic carbocycles. The van der Waals surface area contributed by atoms with Crippen LogP contribution >= 0.6 is 15.9 Å². The second-order valence-corrected chi connectivity index (χ2v) is 7.11. The second kappa shape index (κ2) is 8.38. The molecule has 0 aromatic carbocycles. The standard InChI is InChI=1S/C18H23BrN6/c1-20-9-13(10-21-2)11-22-17-8-16(14-6-4-3-5-7-14)24-18-15(19)12-23-25(17)18/h8-10,12,14,22H,1,3-7,11H2,2H3/b13-9+,21-10?. The topological polar surface area (TPSA) is 66.9 Å². The molecule has 1 fully saturated rings. The molecule has 132 valence electrons. The summed E-state index contributed by atoms with van der Waals surface area (Å²) in [6.45, 7) is 4.11. The molecule has 2 aromatic heterocycles. The first-order valence-corrected chi connectivity index (χ1v) is 9.37. The van der Waals surface area contributed by atoms with Crippen LogP contribution in [-0.4, -0.2) is 41.1 Å². The fourth-order valence-corrected chi connectivity index (χ4v) is 3.64. The lowest BCUT2D eigenvalue weighted by atomic mass is 9.87. The van der Waals surface area contributed by atoms with Gasteiger partial charge < -0.3 is 5.32 Å². The Balaban J connectivity index is 1.92. The van der Waals surface area contributed by atoms with E-state index >= 15 is 0 Å². The summed E-state index contributed by atoms with van der Waals surface area (Å²) in [4.78, 5) is 12.8. The Kier molecular flexibility index (Phi) is 5.96. The molecular weight excluding hydrogens is 380 g/mol. The number of aromatic nitrogens is 3. The predicted molar refractivity (Wildman–Crippen MR) is 107 cm³/mol. The van der Waals surface area contributed by atoms with Crippen LogP contribution in [0, 0.1) is 0 Å². The van der Waals surface area contributed by atoms with Gasteiger partial charge in [-0.3, -0.25) is 9.98 Å². The first kappa shape index (κ1) is 17.8. The van der Waals surface area contributed by atoms with Crippen molar-refractivity contribution >= 4 is 40.3 Å². The van der Waals surface area contributed by atoms with Gasteiger partial charge in [-0.25, -0.2) is 4.98 Å². The minimum absolute atomic E-state index is 0.531. The van der Waals surface area contributed by atoms with E-state index < -0.39 is 0 Å². The number of hydrogen-bond donors (Lipinski definition) is 1. The Hall–Kier alpha value is -2.02. The van der Waals surface area contributed by atoms with Crippen molar-refractivity contribution in [3.05, 3.63) is 34.2 Å². The Labute approximate surface area is 156 Å². The highest BCUT2D eigenvalue weighted by molar-refractivity contribution is 9.10. The fraction of sp³-hybridized carbons (Fsp3) is 0.444. The molecule has 7 heteroatoms. The summed E-state index contributed by atoms with van der Waals surface area (Å²) >= 11 is 3.56. The smallest absolute Gasteiger partial charge is 0.171 e. The van der Waals surface area contributed by atoms with E-state index in [0.29, 0.717) is 12.5 Å². The van der Waals surface area contributed by atoms with Crippen LogP contribution in [0.3, 0.4) is 0 Å². The lowest BCUT2D eigenvalue weighted by Gasteiger charge is -2.22. The van der Waals surface area contributed by atoms with Gasteiger partial charge in [0.2, 0.25) is 0 Å². The third kappa shape index (κ3) is 4.15. The summed E-state index contributed by atoms with van der Waals surface area (Å²) in [6, 6.07) is 2.13. The van der Waals surface area contributed by atoms with Crippen molar-refractivity contribution in [3.8, 4) is 0 Å². The van der Waals surface area contributed by atoms with Gasteiger partial charge >= 0.3 is 0 Å². The summed E-state index contributed by atoms with van der Waals surface area (Å²) in [5.41, 5.74) is 2.95. The van der Waals surface area contributed by atoms with Crippen LogP contribution in [0.1, 0.15) is 43.7 Å². The van der Waals surface area contributed by atoms with E-state index in [9.17, 15) is 0 Å². The molecule has 0 unspecified atom stereocenters. The summed E-state index contributed by atoms with van der Waals surface area (Å²) in [5, 5.41) is 7.87. The van der Waals surface area contributed by atoms with Gasteiger partial charge in [0.15, 0.2) is 5.65 Å². The summed E-state index contributed by atoms with van der Waals surface area (Å²) in [7, 11) is 1.74. The first-order valence-electron chi connectivity index (χ1n) is 8.58. The van der Waals surface area contributed by atoms with Crippen LogP contribution in [0.5, 0.6) is 0 Å². The maximum atomic E-state index is 4.86. The first-order chi connectivity index (χ1) is 12.2. The van der Waals surface area contributed by atoms with Crippen LogP contribution in [0.25, 0.3) is 5.65 Å². The van der Waals surface area contributed by atoms with Gasteiger partial charge in [-0.05, 0) is 35.5 Å². The number of aliphatic imine (C=N–C) groups is 2. The summed E-state index contributed by atoms with van der Waals surface area (Å²) in [5.74, 6) is 1.46. The van der Waals surface area contributed by atoms with E-state index in [-0.39, 0.29) is 0 Å². The quantitative estimate of drug-likeness (QED) is 0.734. The molecule has 0 saturated heterocycles. The zero-order valence-electron chi connectivity index (χ0n) is 14.5. The van der Waals surface area contributed by atoms with Gasteiger partial charge in [-0.15, -0.1) is 0 Å². The molecule has 2 aromatic rings. The molecular formula is C18H23BrN6. The van der Waals surface area contributed by atoms with E-state index in [0.717, 1.165) is 27.2 Å². The second-order valence-electron chi connectivity index (χ2n) is 6.26. The van der Waals surface area contributed by atoms with E-state index in [1.807, 2.05) is 4.52 Å². The van der Waals surface area contributed by atoms with Gasteiger partial charge in [0, 0.05) is 49.3 Å². The third-order valence-corrected chi connectivity index (χ3v) is 5.06. The van der Waals surface area contributed by atoms with E-state index in [2.05, 4.69) is 49.1 Å². The molecule has 0 radical (unpaired) electrons. The van der Waals surface area contributed by atoms with Crippen molar-refractivity contribution in [2.24, 2.45) is 9.98 Å². The molecule has 25 heavy (non-hydrogen) atoms. The molecule has 0 atom stereocenters. The maximum absolute atomic E-state index is 4.86. The highest BCUT2D eigenvalue weighted by Gasteiger charge is 2.20. The summed E-state index contributed by atoms with van der Waals surface area (Å²) < 4.78 is 2.74. The SMILES string of the molecule is C=N/C=C(\C=NC)CNc1cc(C2CCCCC2)nc2c(Br)cnn12. The average Bonchev–Trinajstić information content (AvgIpc) is 3.02. The summed E-state index contributed by atoms with van der Waals surface area (Å²) in [6.07, 6.45) is 11.6. The lowest BCUT2D eigenvalue weighted by molar-refractivity contribution is 0.437. The average molecular weight is 403 g/mol. The van der Waals surface area contributed by atoms with Crippen molar-refractivity contribution in [2.75, 3.05) is 18.9 Å². The van der Waals surface area contributed by atoms with Gasteiger partial charge in [0.25, 0.3) is 0 Å². The number of rotatable bonds is 6. The van der Waals surface area contributed by atoms with Gasteiger partial charge in [-0.1, -0.05) is 19.3 Å². The van der Waals surface area contributed by atoms with Gasteiger partial charge in [0.1, 0.15) is 5.82 Å². The van der Waals surface area contributed by atoms with Crippen LogP contribution in [0.4, 0.5) is 5.82 Å². The maximum Gasteiger partial charge on any atom is 0.171 e. The van der Waals surface area contributed by atoms with Crippen molar-refractivity contribution in [1.82, 2.24) is 14.6 Å².